The van der Waals surface area contributed by atoms with Gasteiger partial charge in [-0.15, -0.1) is 0 Å². The Kier molecular flexibility index (Phi) is 6.58. The van der Waals surface area contributed by atoms with Crippen LogP contribution in [0.3, 0.4) is 0 Å². The predicted octanol–water partition coefficient (Wildman–Crippen LogP) is 4.84. The fourth-order valence-corrected chi connectivity index (χ4v) is 2.85. The standard InChI is InChI=1S/C18H27NO2/c1-2-3-5-8-15-11-13-17(14-12-15)21-18(20)19-16-9-6-4-7-10-16/h11-14,16H,2-10H2,1H3,(H,19,20). The molecule has 0 saturated heterocycles. The summed E-state index contributed by atoms with van der Waals surface area (Å²) in [4.78, 5) is 11.8. The van der Waals surface area contributed by atoms with Gasteiger partial charge < -0.3 is 10.1 Å². The summed E-state index contributed by atoms with van der Waals surface area (Å²) in [5.41, 5.74) is 1.31. The van der Waals surface area contributed by atoms with Crippen LogP contribution in [-0.4, -0.2) is 12.1 Å². The van der Waals surface area contributed by atoms with E-state index in [1.165, 1.54) is 44.1 Å². The SMILES string of the molecule is CCCCCc1ccc(OC(=O)NC2CCCCC2)cc1. The van der Waals surface area contributed by atoms with Crippen LogP contribution < -0.4 is 10.1 Å². The maximum Gasteiger partial charge on any atom is 0.412 e. The van der Waals surface area contributed by atoms with E-state index in [1.807, 2.05) is 12.1 Å². The molecule has 0 heterocycles. The topological polar surface area (TPSA) is 38.3 Å². The molecule has 1 fully saturated rings. The summed E-state index contributed by atoms with van der Waals surface area (Å²) in [6.07, 6.45) is 10.4. The number of carbonyl (C=O) groups excluding carboxylic acids is 1. The Labute approximate surface area is 128 Å². The molecule has 1 aromatic carbocycles. The zero-order valence-electron chi connectivity index (χ0n) is 13.1. The normalized spacial score (nSPS) is 15.7. The fourth-order valence-electron chi connectivity index (χ4n) is 2.85. The van der Waals surface area contributed by atoms with Crippen molar-refractivity contribution < 1.29 is 9.53 Å². The highest BCUT2D eigenvalue weighted by Gasteiger charge is 2.16. The minimum absolute atomic E-state index is 0.291. The Morgan fingerprint density at radius 2 is 1.86 bits per heavy atom. The van der Waals surface area contributed by atoms with Crippen LogP contribution in [0, 0.1) is 0 Å². The quantitative estimate of drug-likeness (QED) is 0.761. The first-order valence-electron chi connectivity index (χ1n) is 8.35. The van der Waals surface area contributed by atoms with Gasteiger partial charge in [0.2, 0.25) is 0 Å². The Bertz CT molecular complexity index is 421. The average Bonchev–Trinajstić information content (AvgIpc) is 2.50. The van der Waals surface area contributed by atoms with Crippen molar-refractivity contribution in [3.63, 3.8) is 0 Å². The van der Waals surface area contributed by atoms with E-state index in [1.54, 1.807) is 0 Å². The Hall–Kier alpha value is -1.51. The third-order valence-corrected chi connectivity index (χ3v) is 4.13. The van der Waals surface area contributed by atoms with Gasteiger partial charge in [0.25, 0.3) is 0 Å². The summed E-state index contributed by atoms with van der Waals surface area (Å²) in [6.45, 7) is 2.21. The molecular formula is C18H27NO2. The third-order valence-electron chi connectivity index (χ3n) is 4.13. The van der Waals surface area contributed by atoms with Crippen LogP contribution in [0.1, 0.15) is 63.9 Å². The molecule has 1 aliphatic rings. The second kappa shape index (κ2) is 8.71. The van der Waals surface area contributed by atoms with Crippen molar-refractivity contribution >= 4 is 6.09 Å². The number of ether oxygens (including phenoxy) is 1. The van der Waals surface area contributed by atoms with Gasteiger partial charge in [-0.1, -0.05) is 51.2 Å². The number of carbonyl (C=O) groups is 1. The van der Waals surface area contributed by atoms with Gasteiger partial charge in [-0.3, -0.25) is 0 Å². The van der Waals surface area contributed by atoms with Crippen molar-refractivity contribution in [2.24, 2.45) is 0 Å². The molecule has 0 aromatic heterocycles. The van der Waals surface area contributed by atoms with Gasteiger partial charge in [0.15, 0.2) is 0 Å². The van der Waals surface area contributed by atoms with E-state index in [2.05, 4.69) is 24.4 Å². The lowest BCUT2D eigenvalue weighted by Gasteiger charge is -2.22. The van der Waals surface area contributed by atoms with E-state index in [4.69, 9.17) is 4.74 Å². The highest BCUT2D eigenvalue weighted by molar-refractivity contribution is 5.70. The predicted molar refractivity (Wildman–Crippen MR) is 85.7 cm³/mol. The van der Waals surface area contributed by atoms with E-state index < -0.39 is 0 Å². The highest BCUT2D eigenvalue weighted by Crippen LogP contribution is 2.18. The van der Waals surface area contributed by atoms with Gasteiger partial charge in [0.05, 0.1) is 0 Å². The molecular weight excluding hydrogens is 262 g/mol. The smallest absolute Gasteiger partial charge is 0.410 e. The van der Waals surface area contributed by atoms with Crippen LogP contribution in [0.2, 0.25) is 0 Å². The minimum Gasteiger partial charge on any atom is -0.410 e. The number of amides is 1. The molecule has 0 atom stereocenters. The van der Waals surface area contributed by atoms with Gasteiger partial charge in [-0.25, -0.2) is 4.79 Å². The molecule has 3 nitrogen and oxygen atoms in total. The molecule has 1 amide bonds. The fraction of sp³-hybridized carbons (Fsp3) is 0.611. The number of aryl methyl sites for hydroxylation is 1. The average molecular weight is 289 g/mol. The van der Waals surface area contributed by atoms with Crippen molar-refractivity contribution in [2.75, 3.05) is 0 Å². The Balaban J connectivity index is 1.75. The highest BCUT2D eigenvalue weighted by atomic mass is 16.6. The number of hydrogen-bond acceptors (Lipinski definition) is 2. The second-order valence-electron chi connectivity index (χ2n) is 5.97. The number of hydrogen-bond donors (Lipinski definition) is 1. The zero-order chi connectivity index (χ0) is 14.9. The second-order valence-corrected chi connectivity index (χ2v) is 5.97. The largest absolute Gasteiger partial charge is 0.412 e. The summed E-state index contributed by atoms with van der Waals surface area (Å²) in [6, 6.07) is 8.18. The minimum atomic E-state index is -0.319. The van der Waals surface area contributed by atoms with Crippen LogP contribution in [0.25, 0.3) is 0 Å². The van der Waals surface area contributed by atoms with E-state index in [-0.39, 0.29) is 6.09 Å². The lowest BCUT2D eigenvalue weighted by atomic mass is 9.96. The summed E-state index contributed by atoms with van der Waals surface area (Å²) < 4.78 is 5.35. The Morgan fingerprint density at radius 1 is 1.14 bits per heavy atom. The molecule has 0 radical (unpaired) electrons. The van der Waals surface area contributed by atoms with Gasteiger partial charge in [-0.05, 0) is 43.4 Å². The van der Waals surface area contributed by atoms with Crippen LogP contribution in [0.4, 0.5) is 4.79 Å². The van der Waals surface area contributed by atoms with Gasteiger partial charge >= 0.3 is 6.09 Å². The van der Waals surface area contributed by atoms with E-state index in [0.29, 0.717) is 11.8 Å². The number of benzene rings is 1. The van der Waals surface area contributed by atoms with Crippen LogP contribution in [0.15, 0.2) is 24.3 Å². The Morgan fingerprint density at radius 3 is 2.52 bits per heavy atom. The summed E-state index contributed by atoms with van der Waals surface area (Å²) >= 11 is 0. The van der Waals surface area contributed by atoms with E-state index in [0.717, 1.165) is 19.3 Å². The molecule has 0 unspecified atom stereocenters. The van der Waals surface area contributed by atoms with Crippen LogP contribution in [-0.2, 0) is 6.42 Å². The van der Waals surface area contributed by atoms with Gasteiger partial charge in [0, 0.05) is 6.04 Å². The molecule has 116 valence electrons. The monoisotopic (exact) mass is 289 g/mol. The zero-order valence-corrected chi connectivity index (χ0v) is 13.1. The maximum absolute atomic E-state index is 11.8. The third kappa shape index (κ3) is 5.78. The molecule has 0 bridgehead atoms. The lowest BCUT2D eigenvalue weighted by Crippen LogP contribution is -2.37. The first-order valence-corrected chi connectivity index (χ1v) is 8.35. The molecule has 3 heteroatoms. The summed E-state index contributed by atoms with van der Waals surface area (Å²) in [5, 5.41) is 2.96. The number of nitrogens with one attached hydrogen (secondary N) is 1. The molecule has 0 spiro atoms. The first-order chi connectivity index (χ1) is 10.3. The number of unbranched alkanes of at least 4 members (excludes halogenated alkanes) is 2. The maximum atomic E-state index is 11.8. The van der Waals surface area contributed by atoms with Crippen molar-refractivity contribution in [1.82, 2.24) is 5.32 Å². The van der Waals surface area contributed by atoms with Gasteiger partial charge in [-0.2, -0.15) is 0 Å². The molecule has 1 saturated carbocycles. The summed E-state index contributed by atoms with van der Waals surface area (Å²) in [7, 11) is 0. The van der Waals surface area contributed by atoms with Crippen LogP contribution >= 0.6 is 0 Å². The molecule has 0 aliphatic heterocycles. The van der Waals surface area contributed by atoms with E-state index >= 15 is 0 Å². The molecule has 21 heavy (non-hydrogen) atoms. The number of rotatable bonds is 6. The molecule has 1 aliphatic carbocycles. The molecule has 1 N–H and O–H groups in total. The molecule has 1 aromatic rings. The first kappa shape index (κ1) is 15.9. The van der Waals surface area contributed by atoms with Crippen molar-refractivity contribution in [1.29, 1.82) is 0 Å². The van der Waals surface area contributed by atoms with Crippen molar-refractivity contribution in [2.45, 2.75) is 70.8 Å². The van der Waals surface area contributed by atoms with E-state index in [9.17, 15) is 4.79 Å². The van der Waals surface area contributed by atoms with Crippen molar-refractivity contribution in [3.8, 4) is 5.75 Å². The van der Waals surface area contributed by atoms with Crippen molar-refractivity contribution in [3.05, 3.63) is 29.8 Å². The van der Waals surface area contributed by atoms with Gasteiger partial charge in [0.1, 0.15) is 5.75 Å². The summed E-state index contributed by atoms with van der Waals surface area (Å²) in [5.74, 6) is 0.627. The lowest BCUT2D eigenvalue weighted by molar-refractivity contribution is 0.192. The van der Waals surface area contributed by atoms with Crippen LogP contribution in [0.5, 0.6) is 5.75 Å². The molecule has 2 rings (SSSR count).